The van der Waals surface area contributed by atoms with Crippen LogP contribution < -0.4 is 0 Å². The van der Waals surface area contributed by atoms with Gasteiger partial charge in [0.25, 0.3) is 5.91 Å². The molecular formula is C28H27ClN4O. The molecule has 5 rings (SSSR count). The van der Waals surface area contributed by atoms with E-state index in [0.717, 1.165) is 40.7 Å². The molecule has 0 aliphatic carbocycles. The minimum Gasteiger partial charge on any atom is -0.326 e. The number of nitrogens with zero attached hydrogens (tertiary/aromatic N) is 3. The fourth-order valence-electron chi connectivity index (χ4n) is 4.86. The zero-order valence-corrected chi connectivity index (χ0v) is 20.4. The summed E-state index contributed by atoms with van der Waals surface area (Å²) < 4.78 is 0. The van der Waals surface area contributed by atoms with Crippen LogP contribution in [0.5, 0.6) is 0 Å². The number of benzene rings is 3. The molecule has 6 heteroatoms. The van der Waals surface area contributed by atoms with E-state index in [2.05, 4.69) is 23.2 Å². The Bertz CT molecular complexity index is 1360. The van der Waals surface area contributed by atoms with Crippen molar-refractivity contribution in [2.24, 2.45) is 0 Å². The number of halogens is 1. The van der Waals surface area contributed by atoms with Crippen molar-refractivity contribution in [3.8, 4) is 22.5 Å². The first-order chi connectivity index (χ1) is 16.4. The molecule has 1 amide bonds. The van der Waals surface area contributed by atoms with Gasteiger partial charge in [0.1, 0.15) is 0 Å². The number of aromatic nitrogens is 3. The molecule has 4 aromatic rings. The van der Waals surface area contributed by atoms with Crippen LogP contribution in [0.4, 0.5) is 0 Å². The van der Waals surface area contributed by atoms with Crippen molar-refractivity contribution in [2.75, 3.05) is 6.54 Å². The van der Waals surface area contributed by atoms with E-state index in [1.807, 2.05) is 79.4 Å². The van der Waals surface area contributed by atoms with Crippen LogP contribution in [0.25, 0.3) is 22.5 Å². The third-order valence-corrected chi connectivity index (χ3v) is 7.29. The molecular weight excluding hydrogens is 444 g/mol. The number of aromatic amines is 1. The molecule has 5 nitrogen and oxygen atoms in total. The first-order valence-electron chi connectivity index (χ1n) is 11.5. The van der Waals surface area contributed by atoms with Gasteiger partial charge in [0.05, 0.1) is 5.54 Å². The van der Waals surface area contributed by atoms with Crippen molar-refractivity contribution in [1.82, 2.24) is 20.1 Å². The van der Waals surface area contributed by atoms with E-state index in [4.69, 9.17) is 16.6 Å². The summed E-state index contributed by atoms with van der Waals surface area (Å²) >= 11 is 6.32. The van der Waals surface area contributed by atoms with Crippen LogP contribution in [0.1, 0.15) is 47.1 Å². The maximum atomic E-state index is 14.0. The van der Waals surface area contributed by atoms with E-state index in [1.54, 1.807) is 0 Å². The van der Waals surface area contributed by atoms with Crippen LogP contribution in [0.3, 0.4) is 0 Å². The highest BCUT2D eigenvalue weighted by Crippen LogP contribution is 2.40. The third kappa shape index (κ3) is 3.80. The lowest BCUT2D eigenvalue weighted by Gasteiger charge is -2.34. The van der Waals surface area contributed by atoms with Crippen LogP contribution >= 0.6 is 11.6 Å². The number of hydrogen-bond donors (Lipinski definition) is 1. The lowest BCUT2D eigenvalue weighted by molar-refractivity contribution is 0.0605. The minimum absolute atomic E-state index is 0.0134. The normalized spacial score (nSPS) is 17.8. The largest absolute Gasteiger partial charge is 0.326 e. The Kier molecular flexibility index (Phi) is 5.74. The molecule has 1 aliphatic rings. The van der Waals surface area contributed by atoms with E-state index in [0.29, 0.717) is 28.8 Å². The summed E-state index contributed by atoms with van der Waals surface area (Å²) in [7, 11) is 0. The number of carbonyl (C=O) groups excluding carboxylic acids is 1. The summed E-state index contributed by atoms with van der Waals surface area (Å²) in [5.41, 5.74) is 4.99. The predicted octanol–water partition coefficient (Wildman–Crippen LogP) is 6.56. The quantitative estimate of drug-likeness (QED) is 0.367. The Labute approximate surface area is 204 Å². The topological polar surface area (TPSA) is 61.9 Å². The summed E-state index contributed by atoms with van der Waals surface area (Å²) in [5, 5.41) is 8.30. The van der Waals surface area contributed by atoms with Crippen LogP contribution in [0, 0.1) is 13.8 Å². The van der Waals surface area contributed by atoms with Crippen molar-refractivity contribution in [3.63, 3.8) is 0 Å². The average Bonchev–Trinajstić information content (AvgIpc) is 3.49. The second kappa shape index (κ2) is 8.73. The van der Waals surface area contributed by atoms with Crippen LogP contribution in [0.2, 0.25) is 5.02 Å². The Morgan fingerprint density at radius 1 is 1.03 bits per heavy atom. The van der Waals surface area contributed by atoms with Gasteiger partial charge in [0.15, 0.2) is 11.6 Å². The number of nitrogens with one attached hydrogen (secondary N) is 1. The van der Waals surface area contributed by atoms with Gasteiger partial charge in [-0.05, 0) is 62.4 Å². The predicted molar refractivity (Wildman–Crippen MR) is 136 cm³/mol. The van der Waals surface area contributed by atoms with Gasteiger partial charge in [-0.3, -0.25) is 9.89 Å². The molecule has 1 fully saturated rings. The number of aryl methyl sites for hydroxylation is 1. The molecule has 0 radical (unpaired) electrons. The van der Waals surface area contributed by atoms with E-state index in [9.17, 15) is 4.79 Å². The van der Waals surface area contributed by atoms with Gasteiger partial charge in [0, 0.05) is 22.7 Å². The van der Waals surface area contributed by atoms with Crippen LogP contribution in [0.15, 0.2) is 66.7 Å². The Hall–Kier alpha value is -3.44. The van der Waals surface area contributed by atoms with Crippen molar-refractivity contribution in [2.45, 2.75) is 39.2 Å². The standard InChI is InChI=1S/C28H27ClN4O/c1-18-13-14-22(20-9-5-4-6-10-20)23(17-18)26(34)33-16-8-15-28(33,3)27-30-25(31-32-27)21-11-7-12-24(29)19(21)2/h4-7,9-14,17H,8,15-16H2,1-3H3,(H,30,31,32). The molecule has 172 valence electrons. The zero-order chi connectivity index (χ0) is 23.9. The molecule has 1 atom stereocenters. The monoisotopic (exact) mass is 470 g/mol. The first-order valence-corrected chi connectivity index (χ1v) is 11.9. The summed E-state index contributed by atoms with van der Waals surface area (Å²) in [6, 6.07) is 21.9. The van der Waals surface area contributed by atoms with Gasteiger partial charge in [-0.15, -0.1) is 0 Å². The maximum Gasteiger partial charge on any atom is 0.255 e. The molecule has 0 spiro atoms. The molecule has 3 aromatic carbocycles. The van der Waals surface area contributed by atoms with Gasteiger partial charge in [-0.1, -0.05) is 71.8 Å². The fraction of sp³-hybridized carbons (Fsp3) is 0.250. The Balaban J connectivity index is 1.53. The smallest absolute Gasteiger partial charge is 0.255 e. The second-order valence-corrected chi connectivity index (χ2v) is 9.58. The molecule has 2 heterocycles. The number of likely N-dealkylation sites (tertiary alicyclic amines) is 1. The summed E-state index contributed by atoms with van der Waals surface area (Å²) in [6.45, 7) is 6.73. The van der Waals surface area contributed by atoms with E-state index >= 15 is 0 Å². The minimum atomic E-state index is -0.577. The number of carbonyl (C=O) groups is 1. The summed E-state index contributed by atoms with van der Waals surface area (Å²) in [5.74, 6) is 1.30. The highest BCUT2D eigenvalue weighted by molar-refractivity contribution is 6.31. The van der Waals surface area contributed by atoms with E-state index in [-0.39, 0.29) is 5.91 Å². The van der Waals surface area contributed by atoms with Crippen molar-refractivity contribution in [1.29, 1.82) is 0 Å². The molecule has 0 saturated carbocycles. The van der Waals surface area contributed by atoms with Crippen LogP contribution in [-0.4, -0.2) is 32.5 Å². The lowest BCUT2D eigenvalue weighted by atomic mass is 9.94. The highest BCUT2D eigenvalue weighted by Gasteiger charge is 2.44. The highest BCUT2D eigenvalue weighted by atomic mass is 35.5. The molecule has 34 heavy (non-hydrogen) atoms. The van der Waals surface area contributed by atoms with Gasteiger partial charge < -0.3 is 4.90 Å². The van der Waals surface area contributed by atoms with Gasteiger partial charge in [0.2, 0.25) is 0 Å². The van der Waals surface area contributed by atoms with Crippen molar-refractivity contribution in [3.05, 3.63) is 94.3 Å². The van der Waals surface area contributed by atoms with Gasteiger partial charge >= 0.3 is 0 Å². The van der Waals surface area contributed by atoms with Crippen LogP contribution in [-0.2, 0) is 5.54 Å². The average molecular weight is 471 g/mol. The molecule has 1 N–H and O–H groups in total. The number of H-pyrrole nitrogens is 1. The number of hydrogen-bond acceptors (Lipinski definition) is 3. The summed E-state index contributed by atoms with van der Waals surface area (Å²) in [4.78, 5) is 20.8. The third-order valence-electron chi connectivity index (χ3n) is 6.88. The molecule has 1 saturated heterocycles. The SMILES string of the molecule is Cc1ccc(-c2ccccc2)c(C(=O)N2CCCC2(C)c2nc(-c3cccc(Cl)c3C)n[nH]2)c1. The van der Waals surface area contributed by atoms with Gasteiger partial charge in [-0.2, -0.15) is 5.10 Å². The molecule has 1 unspecified atom stereocenters. The number of amides is 1. The van der Waals surface area contributed by atoms with E-state index < -0.39 is 5.54 Å². The fourth-order valence-corrected chi connectivity index (χ4v) is 5.03. The Morgan fingerprint density at radius 3 is 2.62 bits per heavy atom. The number of rotatable bonds is 4. The molecule has 1 aromatic heterocycles. The Morgan fingerprint density at radius 2 is 1.82 bits per heavy atom. The zero-order valence-electron chi connectivity index (χ0n) is 19.6. The van der Waals surface area contributed by atoms with Gasteiger partial charge in [-0.25, -0.2) is 4.98 Å². The first kappa shape index (κ1) is 22.4. The maximum absolute atomic E-state index is 14.0. The second-order valence-electron chi connectivity index (χ2n) is 9.17. The lowest BCUT2D eigenvalue weighted by Crippen LogP contribution is -2.43. The van der Waals surface area contributed by atoms with Crippen molar-refractivity contribution >= 4 is 17.5 Å². The van der Waals surface area contributed by atoms with E-state index in [1.165, 1.54) is 0 Å². The molecule has 0 bridgehead atoms. The van der Waals surface area contributed by atoms with Crippen molar-refractivity contribution < 1.29 is 4.79 Å². The summed E-state index contributed by atoms with van der Waals surface area (Å²) in [6.07, 6.45) is 1.72. The molecule has 1 aliphatic heterocycles.